The highest BCUT2D eigenvalue weighted by molar-refractivity contribution is 6.38. The number of ether oxygens (including phenoxy) is 3. The molecule has 4 nitrogen and oxygen atoms in total. The van der Waals surface area contributed by atoms with Crippen LogP contribution in [0.2, 0.25) is 0 Å². The van der Waals surface area contributed by atoms with E-state index in [1.165, 1.54) is 6.92 Å². The Morgan fingerprint density at radius 3 is 2.07 bits per heavy atom. The van der Waals surface area contributed by atoms with Crippen LogP contribution in [0.3, 0.4) is 0 Å². The van der Waals surface area contributed by atoms with Crippen molar-refractivity contribution >= 4 is 15.5 Å². The van der Waals surface area contributed by atoms with Crippen LogP contribution in [-0.4, -0.2) is 40.3 Å². The van der Waals surface area contributed by atoms with Crippen molar-refractivity contribution in [2.24, 2.45) is 0 Å². The number of carbonyl (C=O) groups is 1. The highest BCUT2D eigenvalue weighted by atomic mass is 28.2. The summed E-state index contributed by atoms with van der Waals surface area (Å²) in [5.74, 6) is -0.495. The number of esters is 1. The van der Waals surface area contributed by atoms with Gasteiger partial charge in [-0.25, -0.2) is 0 Å². The van der Waals surface area contributed by atoms with Gasteiger partial charge in [-0.15, -0.1) is 0 Å². The van der Waals surface area contributed by atoms with E-state index in [1.54, 1.807) is 0 Å². The van der Waals surface area contributed by atoms with Crippen molar-refractivity contribution in [1.29, 1.82) is 0 Å². The highest BCUT2D eigenvalue weighted by Crippen LogP contribution is 2.03. The SMILES string of the molecule is CCOC(OCC)[Si]C(CC)OC(C)=O. The molecule has 2 radical (unpaired) electrons. The van der Waals surface area contributed by atoms with E-state index in [1.807, 2.05) is 20.8 Å². The van der Waals surface area contributed by atoms with Crippen LogP contribution in [0.1, 0.15) is 34.1 Å². The maximum Gasteiger partial charge on any atom is 0.302 e. The molecule has 0 amide bonds. The van der Waals surface area contributed by atoms with Crippen LogP contribution < -0.4 is 0 Å². The quantitative estimate of drug-likeness (QED) is 0.360. The lowest BCUT2D eigenvalue weighted by Crippen LogP contribution is -2.35. The standard InChI is InChI=1S/C10H20O4Si/c1-5-9(14-8(4)11)15-10(12-6-2)13-7-3/h9-10H,5-7H2,1-4H3. The fourth-order valence-electron chi connectivity index (χ4n) is 1.03. The van der Waals surface area contributed by atoms with Gasteiger partial charge in [0.2, 0.25) is 0 Å². The van der Waals surface area contributed by atoms with Crippen LogP contribution in [0.15, 0.2) is 0 Å². The summed E-state index contributed by atoms with van der Waals surface area (Å²) in [6.07, 6.45) is 0.786. The van der Waals surface area contributed by atoms with Gasteiger partial charge in [-0.3, -0.25) is 4.79 Å². The minimum Gasteiger partial charge on any atom is -0.467 e. The summed E-state index contributed by atoms with van der Waals surface area (Å²) >= 11 is 0. The molecule has 0 aromatic heterocycles. The lowest BCUT2D eigenvalue weighted by Gasteiger charge is -2.21. The highest BCUT2D eigenvalue weighted by Gasteiger charge is 2.19. The Balaban J connectivity index is 4.02. The minimum absolute atomic E-state index is 0.0920. The topological polar surface area (TPSA) is 44.8 Å². The summed E-state index contributed by atoms with van der Waals surface area (Å²) in [6.45, 7) is 8.45. The van der Waals surface area contributed by atoms with Crippen molar-refractivity contribution in [2.45, 2.75) is 45.8 Å². The lowest BCUT2D eigenvalue weighted by atomic mass is 10.5. The second kappa shape index (κ2) is 8.88. The molecule has 0 bridgehead atoms. The Morgan fingerprint density at radius 1 is 1.20 bits per heavy atom. The first kappa shape index (κ1) is 14.6. The molecule has 15 heavy (non-hydrogen) atoms. The van der Waals surface area contributed by atoms with Crippen molar-refractivity contribution in [3.8, 4) is 0 Å². The third kappa shape index (κ3) is 7.53. The largest absolute Gasteiger partial charge is 0.467 e. The molecule has 0 heterocycles. The molecule has 0 aliphatic heterocycles. The maximum atomic E-state index is 10.8. The molecule has 0 spiro atoms. The van der Waals surface area contributed by atoms with E-state index in [-0.39, 0.29) is 17.6 Å². The van der Waals surface area contributed by atoms with Gasteiger partial charge in [-0.05, 0) is 20.3 Å². The molecule has 0 aliphatic rings. The van der Waals surface area contributed by atoms with Gasteiger partial charge in [0.15, 0.2) is 9.52 Å². The van der Waals surface area contributed by atoms with E-state index in [0.29, 0.717) is 22.7 Å². The number of hydrogen-bond donors (Lipinski definition) is 0. The van der Waals surface area contributed by atoms with Gasteiger partial charge >= 0.3 is 5.97 Å². The predicted octanol–water partition coefficient (Wildman–Crippen LogP) is 1.35. The smallest absolute Gasteiger partial charge is 0.302 e. The third-order valence-corrected chi connectivity index (χ3v) is 3.14. The summed E-state index contributed by atoms with van der Waals surface area (Å²) in [5.41, 5.74) is -0.0920. The summed E-state index contributed by atoms with van der Waals surface area (Å²) in [5, 5.41) is 0. The summed E-state index contributed by atoms with van der Waals surface area (Å²) in [7, 11) is 0.333. The molecule has 1 unspecified atom stereocenters. The van der Waals surface area contributed by atoms with E-state index in [9.17, 15) is 4.79 Å². The molecule has 1 atom stereocenters. The van der Waals surface area contributed by atoms with E-state index < -0.39 is 0 Å². The molecule has 0 saturated heterocycles. The molecule has 0 aromatic carbocycles. The molecule has 0 aliphatic carbocycles. The molecule has 88 valence electrons. The second-order valence-corrected chi connectivity index (χ2v) is 4.36. The van der Waals surface area contributed by atoms with Crippen LogP contribution >= 0.6 is 0 Å². The number of hydrogen-bond acceptors (Lipinski definition) is 4. The fourth-order valence-corrected chi connectivity index (χ4v) is 2.33. The average Bonchev–Trinajstić information content (AvgIpc) is 2.16. The van der Waals surface area contributed by atoms with Crippen LogP contribution in [0.5, 0.6) is 0 Å². The Kier molecular flexibility index (Phi) is 8.65. The van der Waals surface area contributed by atoms with Crippen molar-refractivity contribution in [3.05, 3.63) is 0 Å². The van der Waals surface area contributed by atoms with Crippen molar-refractivity contribution in [1.82, 2.24) is 0 Å². The van der Waals surface area contributed by atoms with E-state index in [4.69, 9.17) is 14.2 Å². The summed E-state index contributed by atoms with van der Waals surface area (Å²) in [4.78, 5) is 10.8. The van der Waals surface area contributed by atoms with E-state index >= 15 is 0 Å². The Bertz CT molecular complexity index is 169. The second-order valence-electron chi connectivity index (χ2n) is 2.92. The minimum atomic E-state index is -0.249. The van der Waals surface area contributed by atoms with Crippen LogP contribution in [0, 0.1) is 0 Å². The van der Waals surface area contributed by atoms with Gasteiger partial charge in [-0.1, -0.05) is 6.92 Å². The molecule has 0 saturated carbocycles. The predicted molar refractivity (Wildman–Crippen MR) is 58.6 cm³/mol. The molecular formula is C10H20O4Si. The van der Waals surface area contributed by atoms with Gasteiger partial charge < -0.3 is 14.2 Å². The van der Waals surface area contributed by atoms with Crippen molar-refractivity contribution < 1.29 is 19.0 Å². The zero-order valence-electron chi connectivity index (χ0n) is 9.91. The molecule has 0 N–H and O–H groups in total. The van der Waals surface area contributed by atoms with E-state index in [0.717, 1.165) is 6.42 Å². The summed E-state index contributed by atoms with van der Waals surface area (Å²) < 4.78 is 15.9. The van der Waals surface area contributed by atoms with Gasteiger partial charge in [0.1, 0.15) is 5.91 Å². The van der Waals surface area contributed by atoms with Crippen LogP contribution in [-0.2, 0) is 19.0 Å². The van der Waals surface area contributed by atoms with Crippen molar-refractivity contribution in [2.75, 3.05) is 13.2 Å². The van der Waals surface area contributed by atoms with Crippen LogP contribution in [0.25, 0.3) is 0 Å². The fraction of sp³-hybridized carbons (Fsp3) is 0.900. The van der Waals surface area contributed by atoms with Gasteiger partial charge in [-0.2, -0.15) is 0 Å². The zero-order chi connectivity index (χ0) is 11.7. The molecule has 0 fully saturated rings. The Morgan fingerprint density at radius 2 is 1.73 bits per heavy atom. The number of carbonyl (C=O) groups excluding carboxylic acids is 1. The number of rotatable bonds is 8. The van der Waals surface area contributed by atoms with Gasteiger partial charge in [0.05, 0.1) is 5.73 Å². The monoisotopic (exact) mass is 232 g/mol. The molecule has 0 aromatic rings. The Labute approximate surface area is 94.1 Å². The van der Waals surface area contributed by atoms with Crippen molar-refractivity contribution in [3.63, 3.8) is 0 Å². The molecule has 0 rings (SSSR count). The maximum absolute atomic E-state index is 10.8. The van der Waals surface area contributed by atoms with Gasteiger partial charge in [0, 0.05) is 20.1 Å². The normalized spacial score (nSPS) is 12.9. The third-order valence-electron chi connectivity index (χ3n) is 1.64. The summed E-state index contributed by atoms with van der Waals surface area (Å²) in [6, 6.07) is 0. The first-order valence-corrected chi connectivity index (χ1v) is 6.45. The first-order valence-electron chi connectivity index (χ1n) is 5.30. The molecular weight excluding hydrogens is 212 g/mol. The first-order chi connectivity index (χ1) is 7.13. The lowest BCUT2D eigenvalue weighted by molar-refractivity contribution is -0.143. The van der Waals surface area contributed by atoms with Gasteiger partial charge in [0.25, 0.3) is 0 Å². The molecule has 5 heteroatoms. The van der Waals surface area contributed by atoms with Crippen LogP contribution in [0.4, 0.5) is 0 Å². The zero-order valence-corrected chi connectivity index (χ0v) is 10.9. The Hall–Kier alpha value is -0.393. The average molecular weight is 232 g/mol. The van der Waals surface area contributed by atoms with E-state index in [2.05, 4.69) is 0 Å².